The standard InChI is InChI=1S/C42H43N5O6/c1-29-39(27-45-21-23-46(24-22-45)36-16-18-37(19-17-36)47(50)51)52-42(53-40(29)32-10-8-30(28-48)9-11-32)33-14-12-31(13-15-33)38-7-3-2-5-34(38)26-44-41(49)35-6-4-20-43-25-35/h2-20,25,29,39-40,42,48H,21-24,26-28H2,1H3,(H,44,49)/t29-,39+,40+,42+/m0/s1. The van der Waals surface area contributed by atoms with Crippen molar-refractivity contribution in [3.05, 3.63) is 160 Å². The quantitative estimate of drug-likeness (QED) is 0.114. The highest BCUT2D eigenvalue weighted by atomic mass is 16.7. The van der Waals surface area contributed by atoms with Crippen molar-refractivity contribution in [1.29, 1.82) is 0 Å². The summed E-state index contributed by atoms with van der Waals surface area (Å²) in [7, 11) is 0. The first-order chi connectivity index (χ1) is 25.9. The predicted octanol–water partition coefficient (Wildman–Crippen LogP) is 6.69. The van der Waals surface area contributed by atoms with Gasteiger partial charge in [-0.2, -0.15) is 0 Å². The zero-order valence-corrected chi connectivity index (χ0v) is 29.6. The van der Waals surface area contributed by atoms with Gasteiger partial charge in [0.15, 0.2) is 6.29 Å². The van der Waals surface area contributed by atoms with Gasteiger partial charge in [0.2, 0.25) is 0 Å². The van der Waals surface area contributed by atoms with Crippen molar-refractivity contribution in [2.75, 3.05) is 37.6 Å². The van der Waals surface area contributed by atoms with Crippen LogP contribution in [0.5, 0.6) is 0 Å². The number of nitro benzene ring substituents is 1. The summed E-state index contributed by atoms with van der Waals surface area (Å²) in [5.74, 6) is -0.127. The highest BCUT2D eigenvalue weighted by Crippen LogP contribution is 2.42. The molecule has 4 aromatic carbocycles. The lowest BCUT2D eigenvalue weighted by Gasteiger charge is -2.44. The van der Waals surface area contributed by atoms with Crippen LogP contribution in [-0.2, 0) is 22.6 Å². The lowest BCUT2D eigenvalue weighted by atomic mass is 9.89. The van der Waals surface area contributed by atoms with Crippen molar-refractivity contribution in [2.24, 2.45) is 5.92 Å². The first-order valence-electron chi connectivity index (χ1n) is 17.9. The number of benzene rings is 4. The number of aromatic nitrogens is 1. The number of amides is 1. The number of aliphatic hydroxyl groups excluding tert-OH is 1. The summed E-state index contributed by atoms with van der Waals surface area (Å²) in [5, 5.41) is 23.8. The van der Waals surface area contributed by atoms with Gasteiger partial charge in [-0.15, -0.1) is 0 Å². The summed E-state index contributed by atoms with van der Waals surface area (Å²) in [6.45, 7) is 6.54. The summed E-state index contributed by atoms with van der Waals surface area (Å²) in [5.41, 5.74) is 7.43. The van der Waals surface area contributed by atoms with Crippen LogP contribution >= 0.6 is 0 Å². The SMILES string of the molecule is C[C@H]1[C@@H](CN2CCN(c3ccc([N+](=O)[O-])cc3)CC2)O[C@@H](c2ccc(-c3ccccc3CNC(=O)c3cccnc3)cc2)O[C@H]1c1ccc(CO)cc1. The lowest BCUT2D eigenvalue weighted by molar-refractivity contribution is -0.384. The highest BCUT2D eigenvalue weighted by Gasteiger charge is 2.39. The van der Waals surface area contributed by atoms with Crippen LogP contribution in [0, 0.1) is 16.0 Å². The van der Waals surface area contributed by atoms with Crippen molar-refractivity contribution in [3.63, 3.8) is 0 Å². The van der Waals surface area contributed by atoms with Gasteiger partial charge in [0.1, 0.15) is 0 Å². The molecule has 11 heteroatoms. The van der Waals surface area contributed by atoms with Crippen molar-refractivity contribution >= 4 is 17.3 Å². The first-order valence-corrected chi connectivity index (χ1v) is 17.9. The third kappa shape index (κ3) is 8.45. The van der Waals surface area contributed by atoms with Crippen LogP contribution in [0.1, 0.15) is 51.9 Å². The molecule has 0 unspecified atom stereocenters. The van der Waals surface area contributed by atoms with Crippen molar-refractivity contribution in [2.45, 2.75) is 38.6 Å². The molecule has 2 aliphatic heterocycles. The van der Waals surface area contributed by atoms with E-state index in [0.29, 0.717) is 12.1 Å². The summed E-state index contributed by atoms with van der Waals surface area (Å²) >= 11 is 0. The van der Waals surface area contributed by atoms with Crippen LogP contribution in [0.3, 0.4) is 0 Å². The second kappa shape index (κ2) is 16.5. The second-order valence-corrected chi connectivity index (χ2v) is 13.6. The maximum Gasteiger partial charge on any atom is 0.269 e. The number of nitrogens with zero attached hydrogens (tertiary/aromatic N) is 4. The van der Waals surface area contributed by atoms with Crippen LogP contribution in [0.2, 0.25) is 0 Å². The maximum absolute atomic E-state index is 12.7. The number of rotatable bonds is 11. The van der Waals surface area contributed by atoms with E-state index < -0.39 is 6.29 Å². The van der Waals surface area contributed by atoms with Gasteiger partial charge in [0, 0.05) is 81.0 Å². The molecule has 1 amide bonds. The first kappa shape index (κ1) is 35.9. The van der Waals surface area contributed by atoms with Gasteiger partial charge >= 0.3 is 0 Å². The van der Waals surface area contributed by atoms with Gasteiger partial charge in [-0.05, 0) is 52.1 Å². The van der Waals surface area contributed by atoms with Crippen LogP contribution in [0.25, 0.3) is 11.1 Å². The molecule has 1 aromatic heterocycles. The molecule has 0 radical (unpaired) electrons. The Labute approximate surface area is 309 Å². The van der Waals surface area contributed by atoms with Crippen LogP contribution < -0.4 is 10.2 Å². The number of carbonyl (C=O) groups excluding carboxylic acids is 1. The fourth-order valence-corrected chi connectivity index (χ4v) is 7.11. The number of hydrogen-bond donors (Lipinski definition) is 2. The monoisotopic (exact) mass is 713 g/mol. The minimum atomic E-state index is -0.594. The fourth-order valence-electron chi connectivity index (χ4n) is 7.11. The normalized spacial score (nSPS) is 20.5. The van der Waals surface area contributed by atoms with Crippen molar-refractivity contribution in [3.8, 4) is 11.1 Å². The van der Waals surface area contributed by atoms with Crippen LogP contribution in [-0.4, -0.2) is 64.6 Å². The number of anilines is 1. The zero-order valence-electron chi connectivity index (χ0n) is 29.6. The Kier molecular flexibility index (Phi) is 11.2. The minimum absolute atomic E-state index is 0.0199. The topological polar surface area (TPSA) is 130 Å². The van der Waals surface area contributed by atoms with E-state index in [1.165, 1.54) is 0 Å². The molecule has 0 aliphatic carbocycles. The maximum atomic E-state index is 12.7. The molecule has 4 atom stereocenters. The van der Waals surface area contributed by atoms with E-state index in [0.717, 1.165) is 71.8 Å². The van der Waals surface area contributed by atoms with E-state index in [1.54, 1.807) is 36.7 Å². The molecule has 5 aromatic rings. The Morgan fingerprint density at radius 3 is 2.28 bits per heavy atom. The molecule has 2 fully saturated rings. The number of ether oxygens (including phenoxy) is 2. The molecule has 2 N–H and O–H groups in total. The van der Waals surface area contributed by atoms with E-state index in [-0.39, 0.29) is 41.3 Å². The second-order valence-electron chi connectivity index (χ2n) is 13.6. The van der Waals surface area contributed by atoms with E-state index in [1.807, 2.05) is 66.7 Å². The Morgan fingerprint density at radius 1 is 0.887 bits per heavy atom. The summed E-state index contributed by atoms with van der Waals surface area (Å²) in [4.78, 5) is 32.2. The van der Waals surface area contributed by atoms with Crippen LogP contribution in [0.15, 0.2) is 122 Å². The third-order valence-electron chi connectivity index (χ3n) is 10.2. The van der Waals surface area contributed by atoms with Crippen molar-refractivity contribution < 1.29 is 24.3 Å². The van der Waals surface area contributed by atoms with E-state index in [4.69, 9.17) is 9.47 Å². The molecule has 3 heterocycles. The largest absolute Gasteiger partial charge is 0.392 e. The fraction of sp³-hybridized carbons (Fsp3) is 0.286. The van der Waals surface area contributed by atoms with Gasteiger partial charge < -0.3 is 24.8 Å². The number of nitrogens with one attached hydrogen (secondary N) is 1. The zero-order chi connectivity index (χ0) is 36.7. The van der Waals surface area contributed by atoms with Gasteiger partial charge in [0.05, 0.1) is 29.3 Å². The van der Waals surface area contributed by atoms with Gasteiger partial charge in [-0.25, -0.2) is 0 Å². The van der Waals surface area contributed by atoms with E-state index in [2.05, 4.69) is 45.2 Å². The number of pyridine rings is 1. The predicted molar refractivity (Wildman–Crippen MR) is 202 cm³/mol. The molecule has 2 aliphatic rings. The Hall–Kier alpha value is -5.46. The molecule has 0 saturated carbocycles. The number of piperazine rings is 1. The van der Waals surface area contributed by atoms with Gasteiger partial charge in [-0.3, -0.25) is 24.8 Å². The Morgan fingerprint density at radius 2 is 1.60 bits per heavy atom. The van der Waals surface area contributed by atoms with Crippen molar-refractivity contribution in [1.82, 2.24) is 15.2 Å². The third-order valence-corrected chi connectivity index (χ3v) is 10.2. The number of hydrogen-bond acceptors (Lipinski definition) is 9. The molecule has 7 rings (SSSR count). The summed E-state index contributed by atoms with van der Waals surface area (Å²) in [6, 6.07) is 34.5. The number of nitro groups is 1. The smallest absolute Gasteiger partial charge is 0.269 e. The van der Waals surface area contributed by atoms with Crippen LogP contribution in [0.4, 0.5) is 11.4 Å². The average molecular weight is 714 g/mol. The highest BCUT2D eigenvalue weighted by molar-refractivity contribution is 5.93. The van der Waals surface area contributed by atoms with E-state index >= 15 is 0 Å². The minimum Gasteiger partial charge on any atom is -0.392 e. The summed E-state index contributed by atoms with van der Waals surface area (Å²) in [6.07, 6.45) is 2.26. The molecular formula is C42H43N5O6. The molecule has 0 bridgehead atoms. The molecule has 272 valence electrons. The molecular weight excluding hydrogens is 670 g/mol. The Balaban J connectivity index is 1.06. The molecule has 2 saturated heterocycles. The summed E-state index contributed by atoms with van der Waals surface area (Å²) < 4.78 is 13.5. The average Bonchev–Trinajstić information content (AvgIpc) is 3.21. The number of aliphatic hydroxyl groups is 1. The molecule has 11 nitrogen and oxygen atoms in total. The molecule has 0 spiro atoms. The number of non-ortho nitro benzene ring substituents is 1. The number of carbonyl (C=O) groups is 1. The van der Waals surface area contributed by atoms with Gasteiger partial charge in [-0.1, -0.05) is 79.7 Å². The van der Waals surface area contributed by atoms with Gasteiger partial charge in [0.25, 0.3) is 11.6 Å². The Bertz CT molecular complexity index is 1980. The molecule has 53 heavy (non-hydrogen) atoms. The lowest BCUT2D eigenvalue weighted by Crippen LogP contribution is -2.51. The van der Waals surface area contributed by atoms with E-state index in [9.17, 15) is 20.0 Å².